The van der Waals surface area contributed by atoms with E-state index < -0.39 is 0 Å². The summed E-state index contributed by atoms with van der Waals surface area (Å²) in [4.78, 5) is 12.3. The number of carbonyl (C=O) groups is 1. The van der Waals surface area contributed by atoms with E-state index in [1.807, 2.05) is 6.92 Å². The molecule has 1 unspecified atom stereocenters. The third-order valence-electron chi connectivity index (χ3n) is 4.12. The monoisotopic (exact) mass is 275 g/mol. The van der Waals surface area contributed by atoms with Crippen LogP contribution in [0.3, 0.4) is 0 Å². The Labute approximate surface area is 121 Å². The Morgan fingerprint density at radius 3 is 2.55 bits per heavy atom. The normalized spacial score (nSPS) is 17.7. The highest BCUT2D eigenvalue weighted by atomic mass is 16.5. The Balaban J connectivity index is 2.08. The summed E-state index contributed by atoms with van der Waals surface area (Å²) in [5, 5.41) is 3.36. The number of rotatable bonds is 5. The molecule has 1 aromatic carbocycles. The Morgan fingerprint density at radius 1 is 1.30 bits per heavy atom. The zero-order valence-corrected chi connectivity index (χ0v) is 12.5. The van der Waals surface area contributed by atoms with Crippen molar-refractivity contribution in [3.05, 3.63) is 35.4 Å². The molecule has 1 heterocycles. The summed E-state index contributed by atoms with van der Waals surface area (Å²) in [5.74, 6) is 0.413. The third kappa shape index (κ3) is 4.07. The molecule has 1 saturated heterocycles. The zero-order valence-electron chi connectivity index (χ0n) is 12.5. The molecule has 2 rings (SSSR count). The molecule has 0 radical (unpaired) electrons. The number of piperidine rings is 1. The van der Waals surface area contributed by atoms with E-state index in [4.69, 9.17) is 4.74 Å². The highest BCUT2D eigenvalue weighted by molar-refractivity contribution is 5.73. The lowest BCUT2D eigenvalue weighted by molar-refractivity contribution is -0.150. The van der Waals surface area contributed by atoms with Gasteiger partial charge in [-0.15, -0.1) is 0 Å². The first-order chi connectivity index (χ1) is 9.70. The van der Waals surface area contributed by atoms with Gasteiger partial charge < -0.3 is 10.1 Å². The highest BCUT2D eigenvalue weighted by Gasteiger charge is 2.30. The van der Waals surface area contributed by atoms with Crippen LogP contribution >= 0.6 is 0 Å². The third-order valence-corrected chi connectivity index (χ3v) is 4.12. The van der Waals surface area contributed by atoms with Gasteiger partial charge in [-0.05, 0) is 57.7 Å². The summed E-state index contributed by atoms with van der Waals surface area (Å²) >= 11 is 0. The van der Waals surface area contributed by atoms with E-state index >= 15 is 0 Å². The Kier molecular flexibility index (Phi) is 5.60. The zero-order chi connectivity index (χ0) is 14.4. The standard InChI is InChI=1S/C17H25NO2/c1-3-20-17(19)16(15-8-10-18-11-9-15)12-14-6-4-13(2)5-7-14/h4-7,15-16,18H,3,8-12H2,1-2H3. The van der Waals surface area contributed by atoms with Crippen LogP contribution in [0.25, 0.3) is 0 Å². The molecule has 1 N–H and O–H groups in total. The van der Waals surface area contributed by atoms with E-state index in [9.17, 15) is 4.79 Å². The van der Waals surface area contributed by atoms with Gasteiger partial charge in [0.05, 0.1) is 12.5 Å². The molecular formula is C17H25NO2. The lowest BCUT2D eigenvalue weighted by Crippen LogP contribution is -2.36. The van der Waals surface area contributed by atoms with Crippen molar-refractivity contribution in [1.29, 1.82) is 0 Å². The number of aryl methyl sites for hydroxylation is 1. The van der Waals surface area contributed by atoms with Crippen molar-refractivity contribution in [3.63, 3.8) is 0 Å². The second-order valence-corrected chi connectivity index (χ2v) is 5.64. The van der Waals surface area contributed by atoms with Crippen molar-refractivity contribution in [2.24, 2.45) is 11.8 Å². The molecule has 0 aromatic heterocycles. The molecule has 3 nitrogen and oxygen atoms in total. The van der Waals surface area contributed by atoms with Crippen molar-refractivity contribution in [2.75, 3.05) is 19.7 Å². The first-order valence-electron chi connectivity index (χ1n) is 7.63. The number of nitrogens with one attached hydrogen (secondary N) is 1. The maximum Gasteiger partial charge on any atom is 0.309 e. The number of carbonyl (C=O) groups excluding carboxylic acids is 1. The molecule has 0 amide bonds. The molecule has 0 spiro atoms. The van der Waals surface area contributed by atoms with E-state index in [1.165, 1.54) is 11.1 Å². The molecule has 1 aliphatic heterocycles. The number of esters is 1. The lowest BCUT2D eigenvalue weighted by Gasteiger charge is -2.29. The quantitative estimate of drug-likeness (QED) is 0.840. The van der Waals surface area contributed by atoms with Crippen molar-refractivity contribution in [2.45, 2.75) is 33.1 Å². The van der Waals surface area contributed by atoms with Crippen LogP contribution in [0.15, 0.2) is 24.3 Å². The fourth-order valence-corrected chi connectivity index (χ4v) is 2.92. The predicted molar refractivity (Wildman–Crippen MR) is 80.6 cm³/mol. The SMILES string of the molecule is CCOC(=O)C(Cc1ccc(C)cc1)C1CCNCC1. The summed E-state index contributed by atoms with van der Waals surface area (Å²) in [6.45, 7) is 6.44. The Bertz CT molecular complexity index is 421. The maximum absolute atomic E-state index is 12.3. The van der Waals surface area contributed by atoms with Crippen LogP contribution in [-0.2, 0) is 16.0 Å². The smallest absolute Gasteiger partial charge is 0.309 e. The van der Waals surface area contributed by atoms with E-state index in [1.54, 1.807) is 0 Å². The van der Waals surface area contributed by atoms with Crippen LogP contribution in [0.5, 0.6) is 0 Å². The Hall–Kier alpha value is -1.35. The molecular weight excluding hydrogens is 250 g/mol. The van der Waals surface area contributed by atoms with Crippen molar-refractivity contribution in [1.82, 2.24) is 5.32 Å². The van der Waals surface area contributed by atoms with Gasteiger partial charge in [-0.2, -0.15) is 0 Å². The first-order valence-corrected chi connectivity index (χ1v) is 7.63. The fraction of sp³-hybridized carbons (Fsp3) is 0.588. The van der Waals surface area contributed by atoms with Crippen molar-refractivity contribution >= 4 is 5.97 Å². The number of hydrogen-bond acceptors (Lipinski definition) is 3. The molecule has 0 saturated carbocycles. The summed E-state index contributed by atoms with van der Waals surface area (Å²) in [5.41, 5.74) is 2.48. The lowest BCUT2D eigenvalue weighted by atomic mass is 9.81. The Morgan fingerprint density at radius 2 is 1.95 bits per heavy atom. The number of benzene rings is 1. The molecule has 1 atom stereocenters. The minimum Gasteiger partial charge on any atom is -0.466 e. The molecule has 3 heteroatoms. The molecule has 0 bridgehead atoms. The van der Waals surface area contributed by atoms with E-state index in [2.05, 4.69) is 36.5 Å². The van der Waals surface area contributed by atoms with Gasteiger partial charge in [-0.1, -0.05) is 29.8 Å². The van der Waals surface area contributed by atoms with Gasteiger partial charge >= 0.3 is 5.97 Å². The number of ether oxygens (including phenoxy) is 1. The van der Waals surface area contributed by atoms with Gasteiger partial charge in [0.1, 0.15) is 0 Å². The average Bonchev–Trinajstić information content (AvgIpc) is 2.48. The van der Waals surface area contributed by atoms with Crippen LogP contribution in [0.2, 0.25) is 0 Å². The first kappa shape index (κ1) is 15.0. The summed E-state index contributed by atoms with van der Waals surface area (Å²) in [6, 6.07) is 8.48. The average molecular weight is 275 g/mol. The minimum atomic E-state index is -0.0278. The van der Waals surface area contributed by atoms with E-state index in [0.717, 1.165) is 32.4 Å². The highest BCUT2D eigenvalue weighted by Crippen LogP contribution is 2.27. The number of hydrogen-bond donors (Lipinski definition) is 1. The van der Waals surface area contributed by atoms with Gasteiger partial charge in [-0.25, -0.2) is 0 Å². The van der Waals surface area contributed by atoms with E-state index in [-0.39, 0.29) is 11.9 Å². The molecule has 1 aromatic rings. The van der Waals surface area contributed by atoms with Gasteiger partial charge in [0, 0.05) is 0 Å². The second-order valence-electron chi connectivity index (χ2n) is 5.64. The topological polar surface area (TPSA) is 38.3 Å². The molecule has 110 valence electrons. The van der Waals surface area contributed by atoms with Gasteiger partial charge in [0.25, 0.3) is 0 Å². The molecule has 0 aliphatic carbocycles. The largest absolute Gasteiger partial charge is 0.466 e. The minimum absolute atomic E-state index is 0.000226. The van der Waals surface area contributed by atoms with Crippen LogP contribution < -0.4 is 5.32 Å². The summed E-state index contributed by atoms with van der Waals surface area (Å²) < 4.78 is 5.29. The van der Waals surface area contributed by atoms with Gasteiger partial charge in [0.2, 0.25) is 0 Å². The van der Waals surface area contributed by atoms with Crippen molar-refractivity contribution < 1.29 is 9.53 Å². The molecule has 1 fully saturated rings. The summed E-state index contributed by atoms with van der Waals surface area (Å²) in [6.07, 6.45) is 2.93. The molecule has 20 heavy (non-hydrogen) atoms. The van der Waals surface area contributed by atoms with Crippen LogP contribution in [0.1, 0.15) is 30.9 Å². The van der Waals surface area contributed by atoms with Crippen LogP contribution in [0, 0.1) is 18.8 Å². The maximum atomic E-state index is 12.3. The molecule has 1 aliphatic rings. The fourth-order valence-electron chi connectivity index (χ4n) is 2.92. The van der Waals surface area contributed by atoms with Crippen molar-refractivity contribution in [3.8, 4) is 0 Å². The van der Waals surface area contributed by atoms with E-state index in [0.29, 0.717) is 12.5 Å². The summed E-state index contributed by atoms with van der Waals surface area (Å²) in [7, 11) is 0. The van der Waals surface area contributed by atoms with Gasteiger partial charge in [-0.3, -0.25) is 4.79 Å². The second kappa shape index (κ2) is 7.44. The predicted octanol–water partition coefficient (Wildman–Crippen LogP) is 2.72. The van der Waals surface area contributed by atoms with Gasteiger partial charge in [0.15, 0.2) is 0 Å². The van der Waals surface area contributed by atoms with Crippen LogP contribution in [0.4, 0.5) is 0 Å². The van der Waals surface area contributed by atoms with Crippen LogP contribution in [-0.4, -0.2) is 25.7 Å².